The van der Waals surface area contributed by atoms with E-state index in [9.17, 15) is 10.1 Å². The van der Waals surface area contributed by atoms with E-state index in [1.807, 2.05) is 60.8 Å². The Morgan fingerprint density at radius 1 is 0.905 bits per heavy atom. The fourth-order valence-electron chi connectivity index (χ4n) is 5.15. The van der Waals surface area contributed by atoms with Crippen LogP contribution in [0.15, 0.2) is 125 Å². The van der Waals surface area contributed by atoms with Crippen LogP contribution in [0.3, 0.4) is 0 Å². The van der Waals surface area contributed by atoms with Gasteiger partial charge in [-0.25, -0.2) is 4.98 Å². The maximum absolute atomic E-state index is 11.0. The lowest BCUT2D eigenvalue weighted by molar-refractivity contribution is -0.384. The van der Waals surface area contributed by atoms with Crippen LogP contribution in [0.1, 0.15) is 23.5 Å². The number of nitrogens with one attached hydrogen (secondary N) is 1. The highest BCUT2D eigenvalue weighted by Crippen LogP contribution is 2.43. The van der Waals surface area contributed by atoms with Crippen LogP contribution in [0, 0.1) is 10.1 Å². The van der Waals surface area contributed by atoms with Crippen LogP contribution in [0.4, 0.5) is 11.4 Å². The minimum Gasteiger partial charge on any atom is -0.351 e. The molecule has 42 heavy (non-hydrogen) atoms. The molecule has 1 aliphatic rings. The molecule has 3 aromatic heterocycles. The van der Waals surface area contributed by atoms with Crippen molar-refractivity contribution in [3.8, 4) is 5.13 Å². The number of fused-ring (bicyclic) bond motifs is 1. The van der Waals surface area contributed by atoms with Crippen LogP contribution in [0.5, 0.6) is 0 Å². The van der Waals surface area contributed by atoms with Gasteiger partial charge in [-0.3, -0.25) is 19.7 Å². The zero-order valence-electron chi connectivity index (χ0n) is 21.9. The Balaban J connectivity index is 1.25. The normalized spacial score (nSPS) is 16.6. The molecule has 1 aliphatic heterocycles. The van der Waals surface area contributed by atoms with Crippen molar-refractivity contribution in [2.24, 2.45) is 0 Å². The van der Waals surface area contributed by atoms with E-state index >= 15 is 0 Å². The van der Waals surface area contributed by atoms with Crippen LogP contribution in [0.2, 0.25) is 0 Å². The largest absolute Gasteiger partial charge is 0.351 e. The number of rotatable bonds is 7. The first kappa shape index (κ1) is 26.3. The van der Waals surface area contributed by atoms with Crippen molar-refractivity contribution in [1.29, 1.82) is 0 Å². The van der Waals surface area contributed by atoms with E-state index in [0.717, 1.165) is 42.2 Å². The van der Waals surface area contributed by atoms with Crippen LogP contribution >= 0.6 is 35.3 Å². The fourth-order valence-corrected chi connectivity index (χ4v) is 7.29. The Morgan fingerprint density at radius 2 is 1.64 bits per heavy atom. The highest BCUT2D eigenvalue weighted by atomic mass is 32.2. The Labute approximate surface area is 254 Å². The predicted octanol–water partition coefficient (Wildman–Crippen LogP) is 7.72. The second kappa shape index (κ2) is 11.0. The molecule has 6 aromatic rings. The van der Waals surface area contributed by atoms with Gasteiger partial charge in [0.05, 0.1) is 32.6 Å². The van der Waals surface area contributed by atoms with E-state index < -0.39 is 4.92 Å². The van der Waals surface area contributed by atoms with Crippen molar-refractivity contribution >= 4 is 62.0 Å². The average molecular weight is 607 g/mol. The molecule has 7 rings (SSSR count). The molecule has 0 radical (unpaired) electrons. The number of thiazole rings is 1. The van der Waals surface area contributed by atoms with Gasteiger partial charge in [0, 0.05) is 40.0 Å². The molecular formula is C31H22N6O2S3. The lowest BCUT2D eigenvalue weighted by Gasteiger charge is -2.28. The number of nitro benzene ring substituents is 1. The molecule has 0 saturated carbocycles. The predicted molar refractivity (Wildman–Crippen MR) is 171 cm³/mol. The number of benzene rings is 3. The molecule has 4 heterocycles. The van der Waals surface area contributed by atoms with Crippen molar-refractivity contribution in [2.75, 3.05) is 4.90 Å². The second-order valence-corrected chi connectivity index (χ2v) is 12.2. The van der Waals surface area contributed by atoms with Crippen molar-refractivity contribution in [1.82, 2.24) is 19.9 Å². The molecule has 1 saturated heterocycles. The highest BCUT2D eigenvalue weighted by Gasteiger charge is 2.42. The summed E-state index contributed by atoms with van der Waals surface area (Å²) in [6.07, 6.45) is 3.85. The number of nitrogens with zero attached hydrogens (tertiary/aromatic N) is 5. The standard InChI is InChI=1S/C31H22N6O2S3/c38-37(39)21-12-16-23(17-13-21)41-22-14-10-20(11-15-22)36-29(28(34-30(36)40)25-7-3-4-18-32-25)26-8-5-19-35(26)31-33-24-6-1-2-9-27(24)42-31/h1-19,28-29H,(H,34,40)/t28-,29+/m0/s1. The summed E-state index contributed by atoms with van der Waals surface area (Å²) in [5, 5.41) is 16.0. The lowest BCUT2D eigenvalue weighted by atomic mass is 10.0. The summed E-state index contributed by atoms with van der Waals surface area (Å²) in [5.41, 5.74) is 3.93. The van der Waals surface area contributed by atoms with Gasteiger partial charge in [-0.15, -0.1) is 0 Å². The van der Waals surface area contributed by atoms with Gasteiger partial charge in [0.15, 0.2) is 10.2 Å². The number of anilines is 1. The van der Waals surface area contributed by atoms with Gasteiger partial charge in [-0.2, -0.15) is 0 Å². The van der Waals surface area contributed by atoms with Gasteiger partial charge < -0.3 is 10.2 Å². The summed E-state index contributed by atoms with van der Waals surface area (Å²) >= 11 is 9.14. The summed E-state index contributed by atoms with van der Waals surface area (Å²) in [6, 6.07) is 32.6. The summed E-state index contributed by atoms with van der Waals surface area (Å²) < 4.78 is 3.28. The average Bonchev–Trinajstić information content (AvgIpc) is 3.75. The van der Waals surface area contributed by atoms with Gasteiger partial charge >= 0.3 is 0 Å². The molecule has 11 heteroatoms. The maximum Gasteiger partial charge on any atom is 0.269 e. The van der Waals surface area contributed by atoms with E-state index in [1.165, 1.54) is 12.1 Å². The van der Waals surface area contributed by atoms with Crippen molar-refractivity contribution in [3.05, 3.63) is 137 Å². The van der Waals surface area contributed by atoms with Gasteiger partial charge in [-0.05, 0) is 85.0 Å². The summed E-state index contributed by atoms with van der Waals surface area (Å²) in [7, 11) is 0. The van der Waals surface area contributed by atoms with Crippen LogP contribution in [0.25, 0.3) is 15.3 Å². The molecule has 1 fully saturated rings. The third-order valence-electron chi connectivity index (χ3n) is 7.07. The number of non-ortho nitro benzene ring substituents is 1. The highest BCUT2D eigenvalue weighted by molar-refractivity contribution is 7.99. The first-order chi connectivity index (χ1) is 20.5. The number of pyridine rings is 1. The topological polar surface area (TPSA) is 89.1 Å². The Hall–Kier alpha value is -4.58. The Bertz CT molecular complexity index is 1870. The van der Waals surface area contributed by atoms with E-state index in [1.54, 1.807) is 41.4 Å². The minimum absolute atomic E-state index is 0.0776. The molecule has 206 valence electrons. The second-order valence-electron chi connectivity index (χ2n) is 9.61. The smallest absolute Gasteiger partial charge is 0.269 e. The van der Waals surface area contributed by atoms with E-state index in [-0.39, 0.29) is 17.8 Å². The van der Waals surface area contributed by atoms with Gasteiger partial charge in [0.2, 0.25) is 0 Å². The number of thiocarbonyl (C=S) groups is 1. The molecule has 0 spiro atoms. The minimum atomic E-state index is -0.391. The summed E-state index contributed by atoms with van der Waals surface area (Å²) in [6.45, 7) is 0. The van der Waals surface area contributed by atoms with Gasteiger partial charge in [0.1, 0.15) is 6.04 Å². The van der Waals surface area contributed by atoms with Crippen molar-refractivity contribution in [2.45, 2.75) is 21.9 Å². The summed E-state index contributed by atoms with van der Waals surface area (Å²) in [4.78, 5) is 24.3. The van der Waals surface area contributed by atoms with Crippen LogP contribution in [-0.4, -0.2) is 24.6 Å². The molecule has 0 aliphatic carbocycles. The number of nitro groups is 1. The van der Waals surface area contributed by atoms with Gasteiger partial charge in [0.25, 0.3) is 5.69 Å². The Morgan fingerprint density at radius 3 is 2.36 bits per heavy atom. The molecule has 8 nitrogen and oxygen atoms in total. The van der Waals surface area contributed by atoms with E-state index in [2.05, 4.69) is 44.0 Å². The number of hydrogen-bond acceptors (Lipinski definition) is 7. The summed E-state index contributed by atoms with van der Waals surface area (Å²) in [5.74, 6) is 0. The van der Waals surface area contributed by atoms with Crippen LogP contribution in [-0.2, 0) is 0 Å². The molecule has 0 bridgehead atoms. The number of para-hydroxylation sites is 1. The van der Waals surface area contributed by atoms with Crippen molar-refractivity contribution in [3.63, 3.8) is 0 Å². The SMILES string of the molecule is O=[N+]([O-])c1ccc(Sc2ccc(N3C(=S)N[C@@H](c4ccccn4)[C@H]3c3cccn3-c3nc4ccccc4s3)cc2)cc1. The first-order valence-corrected chi connectivity index (χ1v) is 15.2. The molecular weight excluding hydrogens is 585 g/mol. The quantitative estimate of drug-likeness (QED) is 0.112. The molecule has 0 unspecified atom stereocenters. The van der Waals surface area contributed by atoms with Crippen LogP contribution < -0.4 is 10.2 Å². The zero-order valence-corrected chi connectivity index (χ0v) is 24.4. The Kier molecular flexibility index (Phi) is 6.90. The molecule has 3 aromatic carbocycles. The lowest BCUT2D eigenvalue weighted by Crippen LogP contribution is -2.30. The number of aromatic nitrogens is 3. The monoisotopic (exact) mass is 606 g/mol. The zero-order chi connectivity index (χ0) is 28.6. The van der Waals surface area contributed by atoms with E-state index in [0.29, 0.717) is 5.11 Å². The molecule has 0 amide bonds. The number of hydrogen-bond donors (Lipinski definition) is 1. The third kappa shape index (κ3) is 4.91. The fraction of sp³-hybridized carbons (Fsp3) is 0.0645. The molecule has 1 N–H and O–H groups in total. The molecule has 2 atom stereocenters. The van der Waals surface area contributed by atoms with Crippen molar-refractivity contribution < 1.29 is 4.92 Å². The van der Waals surface area contributed by atoms with Gasteiger partial charge in [-0.1, -0.05) is 41.3 Å². The van der Waals surface area contributed by atoms with E-state index in [4.69, 9.17) is 17.2 Å². The maximum atomic E-state index is 11.0. The first-order valence-electron chi connectivity index (χ1n) is 13.1. The third-order valence-corrected chi connectivity index (χ3v) is 9.43.